The van der Waals surface area contributed by atoms with Crippen molar-refractivity contribution >= 4 is 52.2 Å². The first-order valence-corrected chi connectivity index (χ1v) is 10.2. The number of benzene rings is 2. The van der Waals surface area contributed by atoms with E-state index in [-0.39, 0.29) is 10.9 Å². The van der Waals surface area contributed by atoms with E-state index in [0.717, 1.165) is 22.2 Å². The van der Waals surface area contributed by atoms with Gasteiger partial charge in [0.25, 0.3) is 5.91 Å². The third kappa shape index (κ3) is 5.46. The molecule has 0 radical (unpaired) electrons. The van der Waals surface area contributed by atoms with Crippen molar-refractivity contribution in [3.63, 3.8) is 0 Å². The molecular formula is C21H18N2O5S2. The molecule has 9 heteroatoms. The monoisotopic (exact) mass is 442 g/mol. The number of carbonyl (C=O) groups excluding carboxylic acids is 2. The van der Waals surface area contributed by atoms with Crippen LogP contribution >= 0.6 is 24.0 Å². The second-order valence-corrected chi connectivity index (χ2v) is 8.06. The maximum absolute atomic E-state index is 12.7. The molecule has 2 aromatic rings. The van der Waals surface area contributed by atoms with Gasteiger partial charge >= 0.3 is 5.97 Å². The number of rotatable bonds is 7. The van der Waals surface area contributed by atoms with Crippen LogP contribution in [0, 0.1) is 0 Å². The second kappa shape index (κ2) is 9.55. The van der Waals surface area contributed by atoms with Gasteiger partial charge in [-0.25, -0.2) is 0 Å². The molecular weight excluding hydrogens is 424 g/mol. The quantitative estimate of drug-likeness (QED) is 0.502. The second-order valence-electron chi connectivity index (χ2n) is 6.38. The number of thiocarbonyl (C=S) groups is 1. The molecule has 0 saturated carbocycles. The van der Waals surface area contributed by atoms with Crippen LogP contribution in [0.15, 0.2) is 59.5 Å². The highest BCUT2D eigenvalue weighted by atomic mass is 32.2. The highest BCUT2D eigenvalue weighted by Crippen LogP contribution is 2.33. The van der Waals surface area contributed by atoms with E-state index < -0.39 is 23.8 Å². The molecule has 0 spiro atoms. The van der Waals surface area contributed by atoms with E-state index in [1.54, 1.807) is 12.1 Å². The van der Waals surface area contributed by atoms with Crippen molar-refractivity contribution in [1.82, 2.24) is 10.2 Å². The van der Waals surface area contributed by atoms with E-state index in [0.29, 0.717) is 16.4 Å². The van der Waals surface area contributed by atoms with Crippen molar-refractivity contribution in [3.05, 3.63) is 65.1 Å². The summed E-state index contributed by atoms with van der Waals surface area (Å²) >= 11 is 6.30. The minimum atomic E-state index is -1.16. The number of hydrogen-bond donors (Lipinski definition) is 2. The lowest BCUT2D eigenvalue weighted by atomic mass is 10.2. The SMILES string of the molecule is CC(NC(=O)CN1C(=O)/C(=C/c2cccc(Oc3ccccc3)c2)SC1=S)C(=O)O. The van der Waals surface area contributed by atoms with Crippen molar-refractivity contribution in [2.24, 2.45) is 0 Å². The lowest BCUT2D eigenvalue weighted by molar-refractivity contribution is -0.141. The molecule has 0 aliphatic carbocycles. The molecule has 1 heterocycles. The molecule has 30 heavy (non-hydrogen) atoms. The minimum absolute atomic E-state index is 0.237. The summed E-state index contributed by atoms with van der Waals surface area (Å²) in [4.78, 5) is 37.1. The zero-order valence-electron chi connectivity index (χ0n) is 15.9. The molecule has 2 N–H and O–H groups in total. The first-order chi connectivity index (χ1) is 14.3. The highest BCUT2D eigenvalue weighted by molar-refractivity contribution is 8.26. The smallest absolute Gasteiger partial charge is 0.325 e. The first kappa shape index (κ1) is 21.5. The van der Waals surface area contributed by atoms with Gasteiger partial charge in [0.2, 0.25) is 5.91 Å². The lowest BCUT2D eigenvalue weighted by Crippen LogP contribution is -2.45. The van der Waals surface area contributed by atoms with Crippen molar-refractivity contribution in [3.8, 4) is 11.5 Å². The first-order valence-electron chi connectivity index (χ1n) is 8.94. The summed E-state index contributed by atoms with van der Waals surface area (Å²) < 4.78 is 6.04. The Labute approximate surface area is 182 Å². The number of amides is 2. The topological polar surface area (TPSA) is 95.9 Å². The predicted molar refractivity (Wildman–Crippen MR) is 118 cm³/mol. The van der Waals surface area contributed by atoms with Crippen molar-refractivity contribution in [1.29, 1.82) is 0 Å². The lowest BCUT2D eigenvalue weighted by Gasteiger charge is -2.15. The van der Waals surface area contributed by atoms with E-state index in [1.807, 2.05) is 48.5 Å². The number of carboxylic acids is 1. The average Bonchev–Trinajstić information content (AvgIpc) is 2.96. The Hall–Kier alpha value is -3.17. The van der Waals surface area contributed by atoms with Crippen LogP contribution in [0.4, 0.5) is 0 Å². The van der Waals surface area contributed by atoms with Crippen LogP contribution in [0.5, 0.6) is 11.5 Å². The summed E-state index contributed by atoms with van der Waals surface area (Å²) in [7, 11) is 0. The van der Waals surface area contributed by atoms with E-state index >= 15 is 0 Å². The van der Waals surface area contributed by atoms with Gasteiger partial charge in [0.1, 0.15) is 28.4 Å². The Kier molecular flexibility index (Phi) is 6.86. The van der Waals surface area contributed by atoms with Crippen LogP contribution in [0.2, 0.25) is 0 Å². The summed E-state index contributed by atoms with van der Waals surface area (Å²) in [5.41, 5.74) is 0.743. The number of carbonyl (C=O) groups is 3. The average molecular weight is 443 g/mol. The Bertz CT molecular complexity index is 1020. The number of para-hydroxylation sites is 1. The molecule has 0 aromatic heterocycles. The van der Waals surface area contributed by atoms with Crippen LogP contribution in [0.3, 0.4) is 0 Å². The van der Waals surface area contributed by atoms with Gasteiger partial charge in [-0.1, -0.05) is 54.3 Å². The highest BCUT2D eigenvalue weighted by Gasteiger charge is 2.33. The fourth-order valence-electron chi connectivity index (χ4n) is 2.57. The number of carboxylic acid groups (broad SMARTS) is 1. The Morgan fingerprint density at radius 2 is 1.90 bits per heavy atom. The zero-order chi connectivity index (χ0) is 21.7. The third-order valence-electron chi connectivity index (χ3n) is 4.06. The summed E-state index contributed by atoms with van der Waals surface area (Å²) in [5, 5.41) is 11.2. The van der Waals surface area contributed by atoms with Crippen molar-refractivity contribution in [2.45, 2.75) is 13.0 Å². The number of nitrogens with one attached hydrogen (secondary N) is 1. The van der Waals surface area contributed by atoms with Gasteiger partial charge in [0.05, 0.1) is 4.91 Å². The molecule has 1 aliphatic rings. The number of ether oxygens (including phenoxy) is 1. The zero-order valence-corrected chi connectivity index (χ0v) is 17.5. The van der Waals surface area contributed by atoms with Crippen LogP contribution in [-0.2, 0) is 14.4 Å². The summed E-state index contributed by atoms with van der Waals surface area (Å²) in [6.45, 7) is 1.01. The third-order valence-corrected chi connectivity index (χ3v) is 5.44. The van der Waals surface area contributed by atoms with Crippen molar-refractivity contribution in [2.75, 3.05) is 6.54 Å². The van der Waals surface area contributed by atoms with Gasteiger partial charge < -0.3 is 15.2 Å². The summed E-state index contributed by atoms with van der Waals surface area (Å²) in [5.74, 6) is -0.848. The fraction of sp³-hybridized carbons (Fsp3) is 0.143. The molecule has 1 unspecified atom stereocenters. The molecule has 2 amide bonds. The molecule has 1 atom stereocenters. The predicted octanol–water partition coefficient (Wildman–Crippen LogP) is 3.27. The van der Waals surface area contributed by atoms with Gasteiger partial charge in [0, 0.05) is 0 Å². The van der Waals surface area contributed by atoms with Gasteiger partial charge in [0.15, 0.2) is 0 Å². The summed E-state index contributed by atoms with van der Waals surface area (Å²) in [6, 6.07) is 15.5. The molecule has 1 saturated heterocycles. The van der Waals surface area contributed by atoms with Crippen LogP contribution in [0.25, 0.3) is 6.08 Å². The van der Waals surface area contributed by atoms with Crippen LogP contribution in [-0.4, -0.2) is 44.7 Å². The molecule has 0 bridgehead atoms. The fourth-order valence-corrected chi connectivity index (χ4v) is 3.83. The van der Waals surface area contributed by atoms with E-state index in [9.17, 15) is 14.4 Å². The summed E-state index contributed by atoms with van der Waals surface area (Å²) in [6.07, 6.45) is 1.68. The normalized spacial score (nSPS) is 15.9. The molecule has 3 rings (SSSR count). The van der Waals surface area contributed by atoms with E-state index in [1.165, 1.54) is 6.92 Å². The van der Waals surface area contributed by atoms with Crippen LogP contribution in [0.1, 0.15) is 12.5 Å². The minimum Gasteiger partial charge on any atom is -0.480 e. The molecule has 1 aliphatic heterocycles. The van der Waals surface area contributed by atoms with E-state index in [2.05, 4.69) is 5.32 Å². The largest absolute Gasteiger partial charge is 0.480 e. The molecule has 7 nitrogen and oxygen atoms in total. The van der Waals surface area contributed by atoms with Gasteiger partial charge in [-0.15, -0.1) is 0 Å². The van der Waals surface area contributed by atoms with Crippen molar-refractivity contribution < 1.29 is 24.2 Å². The van der Waals surface area contributed by atoms with Gasteiger partial charge in [-0.3, -0.25) is 19.3 Å². The molecule has 2 aromatic carbocycles. The van der Waals surface area contributed by atoms with Crippen LogP contribution < -0.4 is 10.1 Å². The molecule has 154 valence electrons. The number of hydrogen-bond acceptors (Lipinski definition) is 6. The maximum Gasteiger partial charge on any atom is 0.325 e. The number of nitrogens with zero attached hydrogens (tertiary/aromatic N) is 1. The standard InChI is InChI=1S/C21H18N2O5S2/c1-13(20(26)27)22-18(24)12-23-19(25)17(30-21(23)29)11-14-6-5-9-16(10-14)28-15-7-3-2-4-8-15/h2-11,13H,12H2,1H3,(H,22,24)(H,26,27)/b17-11-. The Balaban J connectivity index is 1.70. The van der Waals surface area contributed by atoms with E-state index in [4.69, 9.17) is 22.1 Å². The maximum atomic E-state index is 12.7. The Morgan fingerprint density at radius 1 is 1.20 bits per heavy atom. The number of thioether (sulfide) groups is 1. The van der Waals surface area contributed by atoms with Gasteiger partial charge in [-0.05, 0) is 42.8 Å². The molecule has 1 fully saturated rings. The number of aliphatic carboxylic acids is 1. The van der Waals surface area contributed by atoms with Gasteiger partial charge in [-0.2, -0.15) is 0 Å². The Morgan fingerprint density at radius 3 is 2.60 bits per heavy atom.